The van der Waals surface area contributed by atoms with Crippen molar-refractivity contribution in [3.05, 3.63) is 89.3 Å². The molecule has 1 amide bonds. The van der Waals surface area contributed by atoms with Gasteiger partial charge in [0.05, 0.1) is 29.9 Å². The van der Waals surface area contributed by atoms with Gasteiger partial charge >= 0.3 is 0 Å². The number of aryl methyl sites for hydroxylation is 2. The fourth-order valence-corrected chi connectivity index (χ4v) is 5.16. The van der Waals surface area contributed by atoms with Gasteiger partial charge in [0, 0.05) is 41.5 Å². The molecule has 0 unspecified atom stereocenters. The molecule has 3 heterocycles. The Kier molecular flexibility index (Phi) is 5.38. The Labute approximate surface area is 203 Å². The maximum atomic E-state index is 13.3. The number of hydrogen-bond acceptors (Lipinski definition) is 4. The van der Waals surface area contributed by atoms with Crippen LogP contribution in [0.3, 0.4) is 0 Å². The highest BCUT2D eigenvalue weighted by molar-refractivity contribution is 6.11. The number of aromatic nitrogens is 2. The number of hydrogen-bond donors (Lipinski definition) is 0. The number of rotatable bonds is 4. The Morgan fingerprint density at radius 1 is 0.914 bits per heavy atom. The molecule has 0 atom stereocenters. The van der Waals surface area contributed by atoms with Gasteiger partial charge in [0.1, 0.15) is 5.76 Å². The van der Waals surface area contributed by atoms with Crippen molar-refractivity contribution in [3.63, 3.8) is 0 Å². The molecule has 0 aliphatic carbocycles. The molecule has 0 saturated carbocycles. The normalized spacial score (nSPS) is 14.2. The number of carbonyl (C=O) groups is 1. The third kappa shape index (κ3) is 3.80. The molecular formula is C29H27N3O3. The van der Waals surface area contributed by atoms with Crippen LogP contribution in [0, 0.1) is 13.8 Å². The smallest absolute Gasteiger partial charge is 0.254 e. The zero-order chi connectivity index (χ0) is 23.9. The van der Waals surface area contributed by atoms with Gasteiger partial charge < -0.3 is 18.7 Å². The van der Waals surface area contributed by atoms with Crippen molar-refractivity contribution in [2.24, 2.45) is 0 Å². The minimum absolute atomic E-state index is 0.0585. The summed E-state index contributed by atoms with van der Waals surface area (Å²) in [6.07, 6.45) is 0. The quantitative estimate of drug-likeness (QED) is 0.347. The van der Waals surface area contributed by atoms with E-state index < -0.39 is 0 Å². The van der Waals surface area contributed by atoms with Crippen molar-refractivity contribution in [2.75, 3.05) is 26.3 Å². The first-order valence-electron chi connectivity index (χ1n) is 12.0. The molecule has 0 N–H and O–H groups in total. The van der Waals surface area contributed by atoms with Crippen LogP contribution in [0.5, 0.6) is 0 Å². The predicted molar refractivity (Wildman–Crippen MR) is 137 cm³/mol. The molecule has 6 heteroatoms. The summed E-state index contributed by atoms with van der Waals surface area (Å²) in [4.78, 5) is 15.1. The van der Waals surface area contributed by atoms with Gasteiger partial charge in [-0.25, -0.2) is 0 Å². The molecule has 5 aromatic rings. The number of carbonyl (C=O) groups excluding carboxylic acids is 1. The van der Waals surface area contributed by atoms with Crippen LogP contribution in [0.1, 0.15) is 27.4 Å². The molecule has 1 aliphatic heterocycles. The Bertz CT molecular complexity index is 1520. The van der Waals surface area contributed by atoms with Crippen LogP contribution in [-0.4, -0.2) is 46.8 Å². The van der Waals surface area contributed by atoms with Crippen LogP contribution in [0.2, 0.25) is 0 Å². The number of morpholine rings is 1. The second-order valence-corrected chi connectivity index (χ2v) is 9.14. The average molecular weight is 466 g/mol. The second-order valence-electron chi connectivity index (χ2n) is 9.14. The molecule has 1 saturated heterocycles. The highest BCUT2D eigenvalue weighted by atomic mass is 16.5. The predicted octanol–water partition coefficient (Wildman–Crippen LogP) is 5.59. The first-order valence-corrected chi connectivity index (χ1v) is 12.0. The summed E-state index contributed by atoms with van der Waals surface area (Å²) in [7, 11) is 0. The van der Waals surface area contributed by atoms with Gasteiger partial charge in [-0.1, -0.05) is 53.7 Å². The summed E-state index contributed by atoms with van der Waals surface area (Å²) in [6, 6.07) is 23.0. The Morgan fingerprint density at radius 2 is 1.63 bits per heavy atom. The molecule has 2 aromatic heterocycles. The summed E-state index contributed by atoms with van der Waals surface area (Å²) in [5.74, 6) is 0.870. The van der Waals surface area contributed by atoms with Crippen LogP contribution in [0.15, 0.2) is 71.3 Å². The van der Waals surface area contributed by atoms with E-state index in [1.54, 1.807) is 0 Å². The molecule has 176 valence electrons. The average Bonchev–Trinajstić information content (AvgIpc) is 3.40. The van der Waals surface area contributed by atoms with Gasteiger partial charge in [-0.15, -0.1) is 0 Å². The van der Waals surface area contributed by atoms with Crippen molar-refractivity contribution < 1.29 is 14.1 Å². The van der Waals surface area contributed by atoms with Crippen molar-refractivity contribution in [3.8, 4) is 11.1 Å². The fourth-order valence-electron chi connectivity index (χ4n) is 5.16. The van der Waals surface area contributed by atoms with Gasteiger partial charge in [-0.3, -0.25) is 4.79 Å². The molecule has 0 radical (unpaired) electrons. The number of ether oxygens (including phenoxy) is 1. The van der Waals surface area contributed by atoms with E-state index in [9.17, 15) is 4.79 Å². The summed E-state index contributed by atoms with van der Waals surface area (Å²) in [6.45, 7) is 7.07. The standard InChI is InChI=1S/C29H27N3O3/c1-19-28(20(2)35-30-19)22-8-10-24-25-11-9-23(29(33)31-12-14-34-15-13-31)17-27(25)32(26(24)16-22)18-21-6-4-3-5-7-21/h3-11,16-17H,12-15,18H2,1-2H3. The lowest BCUT2D eigenvalue weighted by Gasteiger charge is -2.26. The maximum Gasteiger partial charge on any atom is 0.254 e. The van der Waals surface area contributed by atoms with E-state index >= 15 is 0 Å². The number of amides is 1. The van der Waals surface area contributed by atoms with E-state index in [2.05, 4.69) is 58.3 Å². The fraction of sp³-hybridized carbons (Fsp3) is 0.241. The van der Waals surface area contributed by atoms with Crippen molar-refractivity contribution in [1.82, 2.24) is 14.6 Å². The largest absolute Gasteiger partial charge is 0.378 e. The molecule has 3 aromatic carbocycles. The van der Waals surface area contributed by atoms with E-state index in [0.717, 1.165) is 44.4 Å². The lowest BCUT2D eigenvalue weighted by Crippen LogP contribution is -2.40. The van der Waals surface area contributed by atoms with Crippen LogP contribution < -0.4 is 0 Å². The molecule has 6 rings (SSSR count). The van der Waals surface area contributed by atoms with E-state index in [0.29, 0.717) is 38.4 Å². The Hall–Kier alpha value is -3.90. The summed E-state index contributed by atoms with van der Waals surface area (Å²) >= 11 is 0. The lowest BCUT2D eigenvalue weighted by molar-refractivity contribution is 0.0303. The third-order valence-electron chi connectivity index (χ3n) is 6.92. The molecule has 0 spiro atoms. The number of benzene rings is 3. The molecule has 1 fully saturated rings. The van der Waals surface area contributed by atoms with Crippen molar-refractivity contribution in [1.29, 1.82) is 0 Å². The van der Waals surface area contributed by atoms with E-state index in [-0.39, 0.29) is 5.91 Å². The summed E-state index contributed by atoms with van der Waals surface area (Å²) in [5, 5.41) is 6.45. The van der Waals surface area contributed by atoms with Crippen LogP contribution in [-0.2, 0) is 11.3 Å². The van der Waals surface area contributed by atoms with Crippen molar-refractivity contribution >= 4 is 27.7 Å². The zero-order valence-corrected chi connectivity index (χ0v) is 20.0. The molecule has 1 aliphatic rings. The van der Waals surface area contributed by atoms with Crippen LogP contribution >= 0.6 is 0 Å². The zero-order valence-electron chi connectivity index (χ0n) is 20.0. The first-order chi connectivity index (χ1) is 17.1. The Morgan fingerprint density at radius 3 is 2.34 bits per heavy atom. The minimum atomic E-state index is 0.0585. The summed E-state index contributed by atoms with van der Waals surface area (Å²) < 4.78 is 13.2. The van der Waals surface area contributed by atoms with E-state index in [4.69, 9.17) is 9.26 Å². The molecule has 35 heavy (non-hydrogen) atoms. The SMILES string of the molecule is Cc1noc(C)c1-c1ccc2c3ccc(C(=O)N4CCOCC4)cc3n(Cc3ccccc3)c2c1. The van der Waals surface area contributed by atoms with Gasteiger partial charge in [0.2, 0.25) is 0 Å². The third-order valence-corrected chi connectivity index (χ3v) is 6.92. The van der Waals surface area contributed by atoms with E-state index in [1.807, 2.05) is 36.9 Å². The van der Waals surface area contributed by atoms with Gasteiger partial charge in [0.15, 0.2) is 0 Å². The first kappa shape index (κ1) is 21.6. The second kappa shape index (κ2) is 8.71. The Balaban J connectivity index is 1.54. The number of fused-ring (bicyclic) bond motifs is 3. The number of nitrogens with zero attached hydrogens (tertiary/aromatic N) is 3. The van der Waals surface area contributed by atoms with Gasteiger partial charge in [-0.2, -0.15) is 0 Å². The van der Waals surface area contributed by atoms with Crippen LogP contribution in [0.25, 0.3) is 32.9 Å². The van der Waals surface area contributed by atoms with Gasteiger partial charge in [0.25, 0.3) is 5.91 Å². The van der Waals surface area contributed by atoms with E-state index in [1.165, 1.54) is 5.56 Å². The highest BCUT2D eigenvalue weighted by Gasteiger charge is 2.21. The molecular weight excluding hydrogens is 438 g/mol. The van der Waals surface area contributed by atoms with Crippen LogP contribution in [0.4, 0.5) is 0 Å². The van der Waals surface area contributed by atoms with Gasteiger partial charge in [-0.05, 0) is 43.2 Å². The molecule has 6 nitrogen and oxygen atoms in total. The maximum absolute atomic E-state index is 13.3. The molecule has 0 bridgehead atoms. The highest BCUT2D eigenvalue weighted by Crippen LogP contribution is 2.35. The monoisotopic (exact) mass is 465 g/mol. The minimum Gasteiger partial charge on any atom is -0.378 e. The summed E-state index contributed by atoms with van der Waals surface area (Å²) in [5.41, 5.74) is 7.09. The lowest BCUT2D eigenvalue weighted by atomic mass is 10.0. The van der Waals surface area contributed by atoms with Crippen molar-refractivity contribution in [2.45, 2.75) is 20.4 Å². The topological polar surface area (TPSA) is 60.5 Å².